The van der Waals surface area contributed by atoms with E-state index >= 15 is 0 Å². The SMILES string of the molecule is CCNC(CC)CN1CCC(C(C)C)CCC1=O. The van der Waals surface area contributed by atoms with Crippen molar-refractivity contribution in [2.24, 2.45) is 11.8 Å². The van der Waals surface area contributed by atoms with E-state index in [9.17, 15) is 4.79 Å². The molecule has 0 aromatic heterocycles. The van der Waals surface area contributed by atoms with E-state index in [4.69, 9.17) is 0 Å². The summed E-state index contributed by atoms with van der Waals surface area (Å²) in [4.78, 5) is 14.2. The van der Waals surface area contributed by atoms with Crippen LogP contribution in [-0.2, 0) is 4.79 Å². The number of hydrogen-bond acceptors (Lipinski definition) is 2. The fraction of sp³-hybridized carbons (Fsp3) is 0.933. The topological polar surface area (TPSA) is 32.3 Å². The van der Waals surface area contributed by atoms with Crippen LogP contribution in [0.3, 0.4) is 0 Å². The van der Waals surface area contributed by atoms with Gasteiger partial charge in [0.2, 0.25) is 5.91 Å². The molecule has 1 amide bonds. The molecule has 2 unspecified atom stereocenters. The Bertz CT molecular complexity index is 253. The number of carbonyl (C=O) groups excluding carboxylic acids is 1. The average Bonchev–Trinajstić information content (AvgIpc) is 2.52. The van der Waals surface area contributed by atoms with Gasteiger partial charge in [-0.3, -0.25) is 4.79 Å². The predicted molar refractivity (Wildman–Crippen MR) is 76.5 cm³/mol. The lowest BCUT2D eigenvalue weighted by Crippen LogP contribution is -2.43. The molecule has 0 bridgehead atoms. The largest absolute Gasteiger partial charge is 0.341 e. The fourth-order valence-electron chi connectivity index (χ4n) is 2.81. The van der Waals surface area contributed by atoms with Crippen LogP contribution in [0.15, 0.2) is 0 Å². The summed E-state index contributed by atoms with van der Waals surface area (Å²) < 4.78 is 0. The van der Waals surface area contributed by atoms with Gasteiger partial charge in [-0.05, 0) is 37.6 Å². The zero-order valence-electron chi connectivity index (χ0n) is 12.5. The molecule has 1 fully saturated rings. The first-order valence-corrected chi connectivity index (χ1v) is 7.59. The maximum atomic E-state index is 12.1. The van der Waals surface area contributed by atoms with Gasteiger partial charge in [0.05, 0.1) is 0 Å². The molecule has 1 rings (SSSR count). The van der Waals surface area contributed by atoms with Crippen LogP contribution in [0.5, 0.6) is 0 Å². The minimum absolute atomic E-state index is 0.356. The number of nitrogens with zero attached hydrogens (tertiary/aromatic N) is 1. The molecule has 0 aliphatic carbocycles. The number of hydrogen-bond donors (Lipinski definition) is 1. The van der Waals surface area contributed by atoms with Crippen molar-refractivity contribution in [1.29, 1.82) is 0 Å². The van der Waals surface area contributed by atoms with Gasteiger partial charge in [-0.15, -0.1) is 0 Å². The van der Waals surface area contributed by atoms with Crippen molar-refractivity contribution in [2.75, 3.05) is 19.6 Å². The van der Waals surface area contributed by atoms with Gasteiger partial charge >= 0.3 is 0 Å². The Labute approximate surface area is 112 Å². The number of likely N-dealkylation sites (tertiary alicyclic amines) is 1. The van der Waals surface area contributed by atoms with Crippen LogP contribution in [0, 0.1) is 11.8 Å². The summed E-state index contributed by atoms with van der Waals surface area (Å²) in [5.41, 5.74) is 0. The van der Waals surface area contributed by atoms with Gasteiger partial charge in [-0.2, -0.15) is 0 Å². The zero-order valence-corrected chi connectivity index (χ0v) is 12.5. The molecule has 1 saturated heterocycles. The Hall–Kier alpha value is -0.570. The van der Waals surface area contributed by atoms with Crippen molar-refractivity contribution < 1.29 is 4.79 Å². The van der Waals surface area contributed by atoms with E-state index in [2.05, 4.69) is 37.9 Å². The summed E-state index contributed by atoms with van der Waals surface area (Å²) in [5, 5.41) is 3.46. The molecule has 0 spiro atoms. The minimum atomic E-state index is 0.356. The summed E-state index contributed by atoms with van der Waals surface area (Å²) in [6.45, 7) is 11.7. The number of amides is 1. The van der Waals surface area contributed by atoms with E-state index in [1.165, 1.54) is 6.42 Å². The van der Waals surface area contributed by atoms with Crippen LogP contribution in [0.2, 0.25) is 0 Å². The van der Waals surface area contributed by atoms with Crippen molar-refractivity contribution in [1.82, 2.24) is 10.2 Å². The van der Waals surface area contributed by atoms with Gasteiger partial charge in [0.25, 0.3) is 0 Å². The van der Waals surface area contributed by atoms with Gasteiger partial charge in [-0.25, -0.2) is 0 Å². The van der Waals surface area contributed by atoms with E-state index in [1.54, 1.807) is 0 Å². The van der Waals surface area contributed by atoms with Crippen molar-refractivity contribution in [3.8, 4) is 0 Å². The second kappa shape index (κ2) is 7.78. The van der Waals surface area contributed by atoms with E-state index in [0.717, 1.165) is 44.8 Å². The van der Waals surface area contributed by atoms with Crippen LogP contribution in [0.4, 0.5) is 0 Å². The molecule has 2 atom stereocenters. The summed E-state index contributed by atoms with van der Waals surface area (Å²) in [5.74, 6) is 1.78. The quantitative estimate of drug-likeness (QED) is 0.790. The van der Waals surface area contributed by atoms with E-state index in [-0.39, 0.29) is 0 Å². The highest BCUT2D eigenvalue weighted by Gasteiger charge is 2.25. The van der Waals surface area contributed by atoms with Crippen LogP contribution < -0.4 is 5.32 Å². The minimum Gasteiger partial charge on any atom is -0.341 e. The molecule has 3 nitrogen and oxygen atoms in total. The zero-order chi connectivity index (χ0) is 13.5. The van der Waals surface area contributed by atoms with Crippen LogP contribution in [0.1, 0.15) is 53.4 Å². The first kappa shape index (κ1) is 15.5. The molecule has 0 aromatic rings. The number of nitrogens with one attached hydrogen (secondary N) is 1. The summed E-state index contributed by atoms with van der Waals surface area (Å²) in [6.07, 6.45) is 4.08. The lowest BCUT2D eigenvalue weighted by molar-refractivity contribution is -0.131. The first-order chi connectivity index (χ1) is 8.58. The Balaban J connectivity index is 2.52. The summed E-state index contributed by atoms with van der Waals surface area (Å²) >= 11 is 0. The molecule has 3 heteroatoms. The third kappa shape index (κ3) is 4.60. The average molecular weight is 254 g/mol. The molecule has 18 heavy (non-hydrogen) atoms. The van der Waals surface area contributed by atoms with Crippen molar-refractivity contribution in [2.45, 2.75) is 59.4 Å². The van der Waals surface area contributed by atoms with Gasteiger partial charge in [0.15, 0.2) is 0 Å². The number of carbonyl (C=O) groups is 1. The molecule has 1 aliphatic heterocycles. The van der Waals surface area contributed by atoms with Gasteiger partial charge < -0.3 is 10.2 Å². The van der Waals surface area contributed by atoms with E-state index < -0.39 is 0 Å². The van der Waals surface area contributed by atoms with Gasteiger partial charge in [0, 0.05) is 25.6 Å². The smallest absolute Gasteiger partial charge is 0.222 e. The van der Waals surface area contributed by atoms with Crippen LogP contribution in [0.25, 0.3) is 0 Å². The predicted octanol–water partition coefficient (Wildman–Crippen LogP) is 2.66. The van der Waals surface area contributed by atoms with Gasteiger partial charge in [0.1, 0.15) is 0 Å². The maximum absolute atomic E-state index is 12.1. The first-order valence-electron chi connectivity index (χ1n) is 7.59. The van der Waals surface area contributed by atoms with Crippen LogP contribution in [-0.4, -0.2) is 36.5 Å². The van der Waals surface area contributed by atoms with Gasteiger partial charge in [-0.1, -0.05) is 27.7 Å². The van der Waals surface area contributed by atoms with Crippen LogP contribution >= 0.6 is 0 Å². The molecular formula is C15H30N2O. The summed E-state index contributed by atoms with van der Waals surface area (Å²) in [7, 11) is 0. The Morgan fingerprint density at radius 3 is 2.61 bits per heavy atom. The Morgan fingerprint density at radius 1 is 1.33 bits per heavy atom. The molecule has 0 radical (unpaired) electrons. The lowest BCUT2D eigenvalue weighted by atomic mass is 9.89. The lowest BCUT2D eigenvalue weighted by Gasteiger charge is -2.27. The highest BCUT2D eigenvalue weighted by atomic mass is 16.2. The standard InChI is InChI=1S/C15H30N2O/c1-5-14(16-6-2)11-17-10-9-13(12(3)4)7-8-15(17)18/h12-14,16H,5-11H2,1-4H3. The Morgan fingerprint density at radius 2 is 2.06 bits per heavy atom. The maximum Gasteiger partial charge on any atom is 0.222 e. The van der Waals surface area contributed by atoms with Crippen molar-refractivity contribution in [3.63, 3.8) is 0 Å². The number of likely N-dealkylation sites (N-methyl/N-ethyl adjacent to an activating group) is 1. The fourth-order valence-corrected chi connectivity index (χ4v) is 2.81. The molecule has 0 aromatic carbocycles. The Kier molecular flexibility index (Phi) is 6.69. The van der Waals surface area contributed by atoms with Crippen molar-refractivity contribution >= 4 is 5.91 Å². The molecule has 1 aliphatic rings. The van der Waals surface area contributed by atoms with E-state index in [1.807, 2.05) is 0 Å². The number of rotatable bonds is 6. The second-order valence-corrected chi connectivity index (χ2v) is 5.83. The molecule has 1 heterocycles. The third-order valence-electron chi connectivity index (χ3n) is 4.22. The normalized spacial score (nSPS) is 23.3. The second-order valence-electron chi connectivity index (χ2n) is 5.83. The summed E-state index contributed by atoms with van der Waals surface area (Å²) in [6, 6.07) is 0.453. The van der Waals surface area contributed by atoms with Crippen molar-refractivity contribution in [3.05, 3.63) is 0 Å². The molecular weight excluding hydrogens is 224 g/mol. The molecule has 0 saturated carbocycles. The highest BCUT2D eigenvalue weighted by molar-refractivity contribution is 5.76. The molecule has 106 valence electrons. The monoisotopic (exact) mass is 254 g/mol. The third-order valence-corrected chi connectivity index (χ3v) is 4.22. The molecule has 1 N–H and O–H groups in total. The highest BCUT2D eigenvalue weighted by Crippen LogP contribution is 2.25. The van der Waals surface area contributed by atoms with E-state index in [0.29, 0.717) is 17.9 Å².